The Balaban J connectivity index is 2.49. The Morgan fingerprint density at radius 2 is 2.33 bits per heavy atom. The van der Waals surface area contributed by atoms with E-state index < -0.39 is 0 Å². The highest BCUT2D eigenvalue weighted by Crippen LogP contribution is 2.46. The maximum absolute atomic E-state index is 8.74. The molecule has 0 aromatic rings. The van der Waals surface area contributed by atoms with Gasteiger partial charge in [-0.1, -0.05) is 0 Å². The minimum atomic E-state index is -0.283. The second-order valence-corrected chi connectivity index (χ2v) is 2.47. The van der Waals surface area contributed by atoms with Crippen molar-refractivity contribution in [3.63, 3.8) is 0 Å². The molecule has 0 saturated heterocycles. The van der Waals surface area contributed by atoms with E-state index in [2.05, 4.69) is 0 Å². The van der Waals surface area contributed by atoms with Crippen LogP contribution in [-0.2, 0) is 4.74 Å². The van der Waals surface area contributed by atoms with Gasteiger partial charge in [-0.2, -0.15) is 0 Å². The Morgan fingerprint density at radius 3 is 2.44 bits per heavy atom. The van der Waals surface area contributed by atoms with Gasteiger partial charge in [0.1, 0.15) is 0 Å². The Morgan fingerprint density at radius 1 is 1.78 bits per heavy atom. The quantitative estimate of drug-likeness (QED) is 0.418. The number of hydrogen-bond acceptors (Lipinski definition) is 3. The van der Waals surface area contributed by atoms with Gasteiger partial charge in [0.2, 0.25) is 0 Å². The first-order valence-corrected chi connectivity index (χ1v) is 2.99. The highest BCUT2D eigenvalue weighted by molar-refractivity contribution is 5.82. The highest BCUT2D eigenvalue weighted by Gasteiger charge is 2.47. The number of ether oxygens (including phenoxy) is 1. The fraction of sp³-hybridized carbons (Fsp3) is 0.833. The van der Waals surface area contributed by atoms with Gasteiger partial charge in [-0.3, -0.25) is 5.41 Å². The van der Waals surface area contributed by atoms with Crippen molar-refractivity contribution in [3.8, 4) is 0 Å². The molecular weight excluding hydrogens is 118 g/mol. The van der Waals surface area contributed by atoms with Gasteiger partial charge in [0.05, 0.1) is 19.1 Å². The topological polar surface area (TPSA) is 53.3 Å². The Labute approximate surface area is 54.2 Å². The predicted octanol–water partition coefficient (Wildman–Crippen LogP) is 0.383. The van der Waals surface area contributed by atoms with Crippen molar-refractivity contribution < 1.29 is 9.84 Å². The number of methoxy groups -OCH3 is 1. The summed E-state index contributed by atoms with van der Waals surface area (Å²) < 4.78 is 4.69. The summed E-state index contributed by atoms with van der Waals surface area (Å²) in [6.07, 6.45) is 1.80. The van der Waals surface area contributed by atoms with Crippen molar-refractivity contribution in [1.82, 2.24) is 0 Å². The number of hydrogen-bond donors (Lipinski definition) is 2. The zero-order chi connectivity index (χ0) is 6.91. The summed E-state index contributed by atoms with van der Waals surface area (Å²) in [4.78, 5) is 0. The molecule has 1 aliphatic carbocycles. The molecule has 2 N–H and O–H groups in total. The van der Waals surface area contributed by atoms with E-state index in [9.17, 15) is 0 Å². The molecule has 1 fully saturated rings. The van der Waals surface area contributed by atoms with Gasteiger partial charge in [0, 0.05) is 0 Å². The Kier molecular flexibility index (Phi) is 1.45. The van der Waals surface area contributed by atoms with Crippen LogP contribution in [0.25, 0.3) is 0 Å². The zero-order valence-electron chi connectivity index (χ0n) is 5.48. The van der Waals surface area contributed by atoms with Gasteiger partial charge in [-0.15, -0.1) is 0 Å². The number of aliphatic hydroxyl groups excluding tert-OH is 1. The second-order valence-electron chi connectivity index (χ2n) is 2.47. The zero-order valence-corrected chi connectivity index (χ0v) is 5.48. The lowest BCUT2D eigenvalue weighted by Crippen LogP contribution is -2.20. The summed E-state index contributed by atoms with van der Waals surface area (Å²) in [5, 5.41) is 16.0. The molecule has 52 valence electrons. The van der Waals surface area contributed by atoms with Crippen LogP contribution in [0.4, 0.5) is 0 Å². The summed E-state index contributed by atoms with van der Waals surface area (Å²) >= 11 is 0. The molecule has 1 saturated carbocycles. The Hall–Kier alpha value is -0.570. The monoisotopic (exact) mass is 129 g/mol. The van der Waals surface area contributed by atoms with E-state index in [-0.39, 0.29) is 17.9 Å². The molecule has 0 spiro atoms. The molecule has 1 aliphatic rings. The van der Waals surface area contributed by atoms with Gasteiger partial charge >= 0.3 is 0 Å². The van der Waals surface area contributed by atoms with E-state index in [1.165, 1.54) is 7.11 Å². The molecule has 0 amide bonds. The van der Waals surface area contributed by atoms with Crippen molar-refractivity contribution in [2.75, 3.05) is 13.7 Å². The van der Waals surface area contributed by atoms with Crippen LogP contribution < -0.4 is 0 Å². The normalized spacial score (nSPS) is 21.1. The van der Waals surface area contributed by atoms with Gasteiger partial charge in [-0.25, -0.2) is 0 Å². The Bertz CT molecular complexity index is 129. The average molecular weight is 129 g/mol. The van der Waals surface area contributed by atoms with Crippen molar-refractivity contribution in [2.45, 2.75) is 12.8 Å². The van der Waals surface area contributed by atoms with Gasteiger partial charge in [0.15, 0.2) is 5.90 Å². The van der Waals surface area contributed by atoms with Gasteiger partial charge in [0.25, 0.3) is 0 Å². The van der Waals surface area contributed by atoms with Crippen LogP contribution >= 0.6 is 0 Å². The molecular formula is C6H11NO2. The average Bonchev–Trinajstić information content (AvgIpc) is 2.66. The molecule has 0 atom stereocenters. The SMILES string of the molecule is COC(=N)C1(CO)CC1. The van der Waals surface area contributed by atoms with Crippen LogP contribution in [0.1, 0.15) is 12.8 Å². The summed E-state index contributed by atoms with van der Waals surface area (Å²) in [5.41, 5.74) is -0.283. The van der Waals surface area contributed by atoms with Crippen molar-refractivity contribution in [1.29, 1.82) is 5.41 Å². The van der Waals surface area contributed by atoms with Crippen LogP contribution in [0.2, 0.25) is 0 Å². The van der Waals surface area contributed by atoms with E-state index in [1.54, 1.807) is 0 Å². The largest absolute Gasteiger partial charge is 0.484 e. The highest BCUT2D eigenvalue weighted by atomic mass is 16.5. The van der Waals surface area contributed by atoms with Crippen LogP contribution in [0.5, 0.6) is 0 Å². The molecule has 0 aliphatic heterocycles. The van der Waals surface area contributed by atoms with E-state index in [0.29, 0.717) is 0 Å². The minimum absolute atomic E-state index is 0.0552. The second kappa shape index (κ2) is 1.99. The molecule has 0 aromatic carbocycles. The fourth-order valence-electron chi connectivity index (χ4n) is 0.824. The van der Waals surface area contributed by atoms with Crippen molar-refractivity contribution in [3.05, 3.63) is 0 Å². The molecule has 0 bridgehead atoms. The van der Waals surface area contributed by atoms with Crippen LogP contribution in [0, 0.1) is 10.8 Å². The maximum atomic E-state index is 8.74. The van der Waals surface area contributed by atoms with E-state index in [0.717, 1.165) is 12.8 Å². The maximum Gasteiger partial charge on any atom is 0.188 e. The van der Waals surface area contributed by atoms with Gasteiger partial charge in [-0.05, 0) is 12.8 Å². The third kappa shape index (κ3) is 0.920. The molecule has 0 radical (unpaired) electrons. The smallest absolute Gasteiger partial charge is 0.188 e. The molecule has 0 unspecified atom stereocenters. The standard InChI is InChI=1S/C6H11NO2/c1-9-5(7)6(4-8)2-3-6/h7-8H,2-4H2,1H3. The molecule has 3 nitrogen and oxygen atoms in total. The first-order chi connectivity index (χ1) is 4.25. The number of aliphatic hydroxyl groups is 1. The minimum Gasteiger partial charge on any atom is -0.484 e. The fourth-order valence-corrected chi connectivity index (χ4v) is 0.824. The summed E-state index contributed by atoms with van der Waals surface area (Å²) in [6.45, 7) is 0.0552. The van der Waals surface area contributed by atoms with Crippen molar-refractivity contribution in [2.24, 2.45) is 5.41 Å². The van der Waals surface area contributed by atoms with Crippen molar-refractivity contribution >= 4 is 5.90 Å². The first kappa shape index (κ1) is 6.55. The van der Waals surface area contributed by atoms with Gasteiger partial charge < -0.3 is 9.84 Å². The molecule has 3 heteroatoms. The summed E-state index contributed by atoms with van der Waals surface area (Å²) in [5.74, 6) is 0.227. The lowest BCUT2D eigenvalue weighted by atomic mass is 10.1. The third-order valence-electron chi connectivity index (χ3n) is 1.84. The van der Waals surface area contributed by atoms with Crippen LogP contribution in [0.3, 0.4) is 0 Å². The van der Waals surface area contributed by atoms with Crippen LogP contribution in [0.15, 0.2) is 0 Å². The number of nitrogens with one attached hydrogen (secondary N) is 1. The third-order valence-corrected chi connectivity index (χ3v) is 1.84. The van der Waals surface area contributed by atoms with E-state index in [1.807, 2.05) is 0 Å². The molecule has 1 rings (SSSR count). The molecule has 0 heterocycles. The van der Waals surface area contributed by atoms with Crippen LogP contribution in [-0.4, -0.2) is 24.7 Å². The lowest BCUT2D eigenvalue weighted by molar-refractivity contribution is 0.225. The number of rotatable bonds is 2. The van der Waals surface area contributed by atoms with E-state index in [4.69, 9.17) is 15.3 Å². The summed E-state index contributed by atoms with van der Waals surface area (Å²) in [6, 6.07) is 0. The first-order valence-electron chi connectivity index (χ1n) is 2.99. The lowest BCUT2D eigenvalue weighted by Gasteiger charge is -2.10. The molecule has 9 heavy (non-hydrogen) atoms. The predicted molar refractivity (Wildman–Crippen MR) is 33.5 cm³/mol. The van der Waals surface area contributed by atoms with E-state index >= 15 is 0 Å². The molecule has 0 aromatic heterocycles. The summed E-state index contributed by atoms with van der Waals surface area (Å²) in [7, 11) is 1.47.